The Balaban J connectivity index is 2.13. The Morgan fingerprint density at radius 2 is 1.50 bits per heavy atom. The predicted octanol–water partition coefficient (Wildman–Crippen LogP) is 3.31. The number of nitrogens with one attached hydrogen (secondary N) is 2. The fraction of sp³-hybridized carbons (Fsp3) is 0.375. The first-order valence-electron chi connectivity index (χ1n) is 10.2. The molecule has 0 aliphatic rings. The SMILES string of the molecule is CCN(CC(=O)NC(C)(C)C)C(=O)C[C@H](NC(=O)c1ccccc1)c1ccccc1. The van der Waals surface area contributed by atoms with E-state index >= 15 is 0 Å². The standard InChI is InChI=1S/C24H31N3O3/c1-5-27(17-21(28)26-24(2,3)4)22(29)16-20(18-12-8-6-9-13-18)25-23(30)19-14-10-7-11-15-19/h6-15,20H,5,16-17H2,1-4H3,(H,25,30)(H,26,28)/t20-/m0/s1. The van der Waals surface area contributed by atoms with Gasteiger partial charge in [-0.2, -0.15) is 0 Å². The molecule has 0 aromatic heterocycles. The van der Waals surface area contributed by atoms with E-state index in [-0.39, 0.29) is 36.2 Å². The van der Waals surface area contributed by atoms with Crippen molar-refractivity contribution in [2.45, 2.75) is 45.7 Å². The Bertz CT molecular complexity index is 845. The van der Waals surface area contributed by atoms with Crippen LogP contribution in [0.1, 0.15) is 56.1 Å². The van der Waals surface area contributed by atoms with E-state index in [9.17, 15) is 14.4 Å². The molecular weight excluding hydrogens is 378 g/mol. The van der Waals surface area contributed by atoms with Gasteiger partial charge in [0.2, 0.25) is 11.8 Å². The Hall–Kier alpha value is -3.15. The molecular formula is C24H31N3O3. The third-order valence-electron chi connectivity index (χ3n) is 4.51. The highest BCUT2D eigenvalue weighted by Crippen LogP contribution is 2.19. The van der Waals surface area contributed by atoms with Gasteiger partial charge in [0.05, 0.1) is 19.0 Å². The van der Waals surface area contributed by atoms with Crippen LogP contribution in [0.25, 0.3) is 0 Å². The van der Waals surface area contributed by atoms with Crippen molar-refractivity contribution in [2.75, 3.05) is 13.1 Å². The molecule has 6 heteroatoms. The zero-order chi connectivity index (χ0) is 22.1. The van der Waals surface area contributed by atoms with Crippen LogP contribution < -0.4 is 10.6 Å². The summed E-state index contributed by atoms with van der Waals surface area (Å²) in [6, 6.07) is 17.8. The number of rotatable bonds is 8. The first-order chi connectivity index (χ1) is 14.2. The molecule has 3 amide bonds. The molecule has 0 radical (unpaired) electrons. The molecule has 0 saturated heterocycles. The van der Waals surface area contributed by atoms with Gasteiger partial charge >= 0.3 is 0 Å². The van der Waals surface area contributed by atoms with Crippen LogP contribution in [-0.4, -0.2) is 41.2 Å². The Labute approximate surface area is 178 Å². The summed E-state index contributed by atoms with van der Waals surface area (Å²) in [7, 11) is 0. The number of nitrogens with zero attached hydrogens (tertiary/aromatic N) is 1. The van der Waals surface area contributed by atoms with Crippen LogP contribution in [0.2, 0.25) is 0 Å². The lowest BCUT2D eigenvalue weighted by Crippen LogP contribution is -2.47. The second-order valence-electron chi connectivity index (χ2n) is 8.21. The van der Waals surface area contributed by atoms with Crippen molar-refractivity contribution >= 4 is 17.7 Å². The summed E-state index contributed by atoms with van der Waals surface area (Å²) in [5, 5.41) is 5.84. The molecule has 160 valence electrons. The highest BCUT2D eigenvalue weighted by Gasteiger charge is 2.24. The summed E-state index contributed by atoms with van der Waals surface area (Å²) in [5.41, 5.74) is 1.00. The topological polar surface area (TPSA) is 78.5 Å². The smallest absolute Gasteiger partial charge is 0.251 e. The van der Waals surface area contributed by atoms with Crippen molar-refractivity contribution in [3.63, 3.8) is 0 Å². The lowest BCUT2D eigenvalue weighted by Gasteiger charge is -2.27. The minimum atomic E-state index is -0.494. The van der Waals surface area contributed by atoms with Gasteiger partial charge in [-0.1, -0.05) is 48.5 Å². The highest BCUT2D eigenvalue weighted by molar-refractivity contribution is 5.95. The van der Waals surface area contributed by atoms with E-state index in [1.807, 2.05) is 64.1 Å². The zero-order valence-electron chi connectivity index (χ0n) is 18.1. The van der Waals surface area contributed by atoms with Crippen LogP contribution in [0.4, 0.5) is 0 Å². The van der Waals surface area contributed by atoms with Crippen molar-refractivity contribution in [3.05, 3.63) is 71.8 Å². The Morgan fingerprint density at radius 1 is 0.933 bits per heavy atom. The lowest BCUT2D eigenvalue weighted by atomic mass is 10.0. The lowest BCUT2D eigenvalue weighted by molar-refractivity contribution is -0.136. The molecule has 2 rings (SSSR count). The third kappa shape index (κ3) is 7.35. The maximum atomic E-state index is 13.0. The van der Waals surface area contributed by atoms with Crippen LogP contribution in [-0.2, 0) is 9.59 Å². The summed E-state index contributed by atoms with van der Waals surface area (Å²) in [5.74, 6) is -0.642. The maximum absolute atomic E-state index is 13.0. The van der Waals surface area contributed by atoms with E-state index in [2.05, 4.69) is 10.6 Å². The minimum Gasteiger partial charge on any atom is -0.350 e. The molecule has 6 nitrogen and oxygen atoms in total. The monoisotopic (exact) mass is 409 g/mol. The Morgan fingerprint density at radius 3 is 2.03 bits per heavy atom. The van der Waals surface area contributed by atoms with E-state index in [0.29, 0.717) is 12.1 Å². The molecule has 0 heterocycles. The van der Waals surface area contributed by atoms with Gasteiger partial charge in [-0.3, -0.25) is 14.4 Å². The van der Waals surface area contributed by atoms with Gasteiger partial charge in [-0.15, -0.1) is 0 Å². The second-order valence-corrected chi connectivity index (χ2v) is 8.21. The van der Waals surface area contributed by atoms with E-state index in [4.69, 9.17) is 0 Å². The first-order valence-corrected chi connectivity index (χ1v) is 10.2. The molecule has 0 fully saturated rings. The summed E-state index contributed by atoms with van der Waals surface area (Å²) >= 11 is 0. The minimum absolute atomic E-state index is 0.0132. The van der Waals surface area contributed by atoms with E-state index < -0.39 is 6.04 Å². The fourth-order valence-corrected chi connectivity index (χ4v) is 3.08. The van der Waals surface area contributed by atoms with E-state index in [1.165, 1.54) is 4.90 Å². The van der Waals surface area contributed by atoms with Crippen LogP contribution in [0.3, 0.4) is 0 Å². The van der Waals surface area contributed by atoms with Gasteiger partial charge in [0.1, 0.15) is 0 Å². The quantitative estimate of drug-likeness (QED) is 0.702. The molecule has 2 N–H and O–H groups in total. The van der Waals surface area contributed by atoms with Crippen LogP contribution in [0.15, 0.2) is 60.7 Å². The molecule has 0 aliphatic heterocycles. The number of amides is 3. The zero-order valence-corrected chi connectivity index (χ0v) is 18.1. The molecule has 0 saturated carbocycles. The molecule has 1 atom stereocenters. The van der Waals surface area contributed by atoms with Gasteiger partial charge < -0.3 is 15.5 Å². The number of hydrogen-bond acceptors (Lipinski definition) is 3. The second kappa shape index (κ2) is 10.6. The van der Waals surface area contributed by atoms with E-state index in [0.717, 1.165) is 5.56 Å². The summed E-state index contributed by atoms with van der Waals surface area (Å²) in [4.78, 5) is 39.4. The largest absolute Gasteiger partial charge is 0.350 e. The van der Waals surface area contributed by atoms with Crippen molar-refractivity contribution in [2.24, 2.45) is 0 Å². The maximum Gasteiger partial charge on any atom is 0.251 e. The molecule has 0 unspecified atom stereocenters. The van der Waals surface area contributed by atoms with Crippen molar-refractivity contribution in [1.82, 2.24) is 15.5 Å². The number of carbonyl (C=O) groups excluding carboxylic acids is 3. The number of carbonyl (C=O) groups is 3. The highest BCUT2D eigenvalue weighted by atomic mass is 16.2. The summed E-state index contributed by atoms with van der Waals surface area (Å²) < 4.78 is 0. The average Bonchev–Trinajstić information content (AvgIpc) is 2.71. The number of hydrogen-bond donors (Lipinski definition) is 2. The van der Waals surface area contributed by atoms with Crippen molar-refractivity contribution < 1.29 is 14.4 Å². The Kier molecular flexibility index (Phi) is 8.16. The fourth-order valence-electron chi connectivity index (χ4n) is 3.08. The van der Waals surface area contributed by atoms with Crippen LogP contribution >= 0.6 is 0 Å². The first kappa shape index (κ1) is 23.1. The molecule has 30 heavy (non-hydrogen) atoms. The van der Waals surface area contributed by atoms with Crippen LogP contribution in [0.5, 0.6) is 0 Å². The summed E-state index contributed by atoms with van der Waals surface area (Å²) in [6.45, 7) is 7.92. The molecule has 2 aromatic rings. The number of likely N-dealkylation sites (N-methyl/N-ethyl adjacent to an activating group) is 1. The third-order valence-corrected chi connectivity index (χ3v) is 4.51. The predicted molar refractivity (Wildman–Crippen MR) is 118 cm³/mol. The van der Waals surface area contributed by atoms with Crippen molar-refractivity contribution in [3.8, 4) is 0 Å². The molecule has 0 bridgehead atoms. The number of benzene rings is 2. The average molecular weight is 410 g/mol. The molecule has 0 aliphatic carbocycles. The van der Waals surface area contributed by atoms with E-state index in [1.54, 1.807) is 24.3 Å². The normalized spacial score (nSPS) is 12.0. The molecule has 2 aromatic carbocycles. The van der Waals surface area contributed by atoms with Gasteiger partial charge in [0.15, 0.2) is 0 Å². The van der Waals surface area contributed by atoms with Gasteiger partial charge in [0.25, 0.3) is 5.91 Å². The van der Waals surface area contributed by atoms with Gasteiger partial charge in [-0.25, -0.2) is 0 Å². The van der Waals surface area contributed by atoms with Gasteiger partial charge in [-0.05, 0) is 45.4 Å². The van der Waals surface area contributed by atoms with Crippen LogP contribution in [0, 0.1) is 0 Å². The van der Waals surface area contributed by atoms with Gasteiger partial charge in [0, 0.05) is 17.6 Å². The molecule has 0 spiro atoms. The van der Waals surface area contributed by atoms with Crippen molar-refractivity contribution in [1.29, 1.82) is 0 Å². The summed E-state index contributed by atoms with van der Waals surface area (Å²) in [6.07, 6.45) is 0.0687.